The maximum Gasteiger partial charge on any atom is 0.306 e. The van der Waals surface area contributed by atoms with Crippen LogP contribution >= 0.6 is 0 Å². The van der Waals surface area contributed by atoms with Crippen molar-refractivity contribution in [1.82, 2.24) is 0 Å². The average molecular weight is 517 g/mol. The van der Waals surface area contributed by atoms with Crippen molar-refractivity contribution in [3.8, 4) is 17.6 Å². The predicted octanol–water partition coefficient (Wildman–Crippen LogP) is 7.45. The quantitative estimate of drug-likeness (QED) is 0.249. The highest BCUT2D eigenvalue weighted by Gasteiger charge is 2.32. The summed E-state index contributed by atoms with van der Waals surface area (Å²) < 4.78 is 11.3. The van der Waals surface area contributed by atoms with E-state index in [0.717, 1.165) is 49.0 Å². The zero-order valence-electron chi connectivity index (χ0n) is 24.0. The Kier molecular flexibility index (Phi) is 10.2. The zero-order valence-corrected chi connectivity index (χ0v) is 24.0. The van der Waals surface area contributed by atoms with Gasteiger partial charge < -0.3 is 14.6 Å². The highest BCUT2D eigenvalue weighted by atomic mass is 16.6. The van der Waals surface area contributed by atoms with Crippen LogP contribution in [0.5, 0.6) is 5.75 Å². The normalized spacial score (nSPS) is 17.1. The van der Waals surface area contributed by atoms with Crippen LogP contribution in [0.15, 0.2) is 42.5 Å². The minimum atomic E-state index is -1.10. The van der Waals surface area contributed by atoms with Crippen LogP contribution in [0.2, 0.25) is 0 Å². The topological polar surface area (TPSA) is 55.8 Å². The van der Waals surface area contributed by atoms with Crippen molar-refractivity contribution in [3.05, 3.63) is 70.3 Å². The van der Waals surface area contributed by atoms with Crippen LogP contribution in [0.4, 0.5) is 0 Å². The Hall–Kier alpha value is -3.03. The molecule has 204 valence electrons. The summed E-state index contributed by atoms with van der Waals surface area (Å²) in [5.41, 5.74) is 4.69. The molecule has 0 spiro atoms. The Labute approximate surface area is 229 Å². The van der Waals surface area contributed by atoms with Crippen LogP contribution in [-0.2, 0) is 14.9 Å². The van der Waals surface area contributed by atoms with E-state index in [-0.39, 0.29) is 17.5 Å². The van der Waals surface area contributed by atoms with E-state index in [1.807, 2.05) is 19.1 Å². The van der Waals surface area contributed by atoms with Crippen molar-refractivity contribution >= 4 is 12.0 Å². The molecule has 0 amide bonds. The first-order valence-corrected chi connectivity index (χ1v) is 14.2. The summed E-state index contributed by atoms with van der Waals surface area (Å²) in [6.07, 6.45) is 9.15. The fourth-order valence-electron chi connectivity index (χ4n) is 5.20. The SMILES string of the molecule is CCCC#C[C@@](O)(/C=C/c1ccc(C(CC)(CC)c2ccc(OCC3CCC(=O)O3)c(C)c2)cc1C)CC. The van der Waals surface area contributed by atoms with Gasteiger partial charge in [0, 0.05) is 18.3 Å². The number of rotatable bonds is 11. The number of aliphatic hydroxyl groups is 1. The molecule has 3 rings (SSSR count). The second-order valence-corrected chi connectivity index (χ2v) is 10.5. The van der Waals surface area contributed by atoms with Crippen molar-refractivity contribution in [2.24, 2.45) is 0 Å². The first kappa shape index (κ1) is 29.5. The highest BCUT2D eigenvalue weighted by molar-refractivity contribution is 5.71. The van der Waals surface area contributed by atoms with Crippen LogP contribution in [0.1, 0.15) is 100 Å². The van der Waals surface area contributed by atoms with E-state index in [1.54, 1.807) is 0 Å². The van der Waals surface area contributed by atoms with Crippen molar-refractivity contribution in [2.75, 3.05) is 6.61 Å². The minimum absolute atomic E-state index is 0.118. The van der Waals surface area contributed by atoms with E-state index in [0.29, 0.717) is 19.4 Å². The lowest BCUT2D eigenvalue weighted by atomic mass is 9.70. The Bertz CT molecular complexity index is 1190. The molecule has 0 aliphatic carbocycles. The van der Waals surface area contributed by atoms with Gasteiger partial charge in [0.15, 0.2) is 0 Å². The fraction of sp³-hybridized carbons (Fsp3) is 0.500. The summed E-state index contributed by atoms with van der Waals surface area (Å²) in [5, 5.41) is 10.9. The number of hydrogen-bond acceptors (Lipinski definition) is 4. The smallest absolute Gasteiger partial charge is 0.306 e. The number of aryl methyl sites for hydroxylation is 2. The first-order valence-electron chi connectivity index (χ1n) is 14.2. The third-order valence-corrected chi connectivity index (χ3v) is 7.91. The number of esters is 1. The molecular formula is C34H44O4. The van der Waals surface area contributed by atoms with Crippen LogP contribution in [0.25, 0.3) is 6.08 Å². The minimum Gasteiger partial charge on any atom is -0.489 e. The number of hydrogen-bond donors (Lipinski definition) is 1. The molecule has 1 N–H and O–H groups in total. The van der Waals surface area contributed by atoms with Gasteiger partial charge in [-0.2, -0.15) is 0 Å². The second-order valence-electron chi connectivity index (χ2n) is 10.5. The van der Waals surface area contributed by atoms with Crippen LogP contribution < -0.4 is 4.74 Å². The van der Waals surface area contributed by atoms with Crippen molar-refractivity contribution in [2.45, 2.75) is 104 Å². The number of carbonyl (C=O) groups excluding carboxylic acids is 1. The number of benzene rings is 2. The maximum atomic E-state index is 11.4. The van der Waals surface area contributed by atoms with E-state index in [2.05, 4.69) is 82.9 Å². The van der Waals surface area contributed by atoms with Gasteiger partial charge in [-0.05, 0) is 85.9 Å². The largest absolute Gasteiger partial charge is 0.489 e. The lowest BCUT2D eigenvalue weighted by molar-refractivity contribution is -0.142. The third-order valence-electron chi connectivity index (χ3n) is 7.91. The number of carbonyl (C=O) groups is 1. The Balaban J connectivity index is 1.84. The molecule has 4 heteroatoms. The van der Waals surface area contributed by atoms with Crippen molar-refractivity contribution in [3.63, 3.8) is 0 Å². The molecule has 1 heterocycles. The molecule has 0 aromatic heterocycles. The summed E-state index contributed by atoms with van der Waals surface area (Å²) in [7, 11) is 0. The molecule has 0 saturated carbocycles. The van der Waals surface area contributed by atoms with Crippen LogP contribution in [0.3, 0.4) is 0 Å². The predicted molar refractivity (Wildman–Crippen MR) is 155 cm³/mol. The summed E-state index contributed by atoms with van der Waals surface area (Å²) in [5.74, 6) is 6.82. The maximum absolute atomic E-state index is 11.4. The van der Waals surface area contributed by atoms with Crippen LogP contribution in [0, 0.1) is 25.7 Å². The molecule has 1 unspecified atom stereocenters. The lowest BCUT2D eigenvalue weighted by Crippen LogP contribution is -2.26. The van der Waals surface area contributed by atoms with Gasteiger partial charge in [0.2, 0.25) is 0 Å². The molecule has 0 bridgehead atoms. The van der Waals surface area contributed by atoms with Gasteiger partial charge in [0.05, 0.1) is 0 Å². The summed E-state index contributed by atoms with van der Waals surface area (Å²) in [6, 6.07) is 13.1. The van der Waals surface area contributed by atoms with Gasteiger partial charge in [0.1, 0.15) is 24.1 Å². The standard InChI is InChI=1S/C34H44O4/c1-7-11-12-20-33(36,8-2)21-19-27-13-14-28(22-25(27)5)34(9-3,10-4)29-15-17-31(26(6)23-29)37-24-30-16-18-32(35)38-30/h13-15,17,19,21-23,30,36H,7-11,16,18,24H2,1-6H3/b21-19+/t30?,33-/m1/s1. The third kappa shape index (κ3) is 6.88. The van der Waals surface area contributed by atoms with Gasteiger partial charge in [-0.3, -0.25) is 4.79 Å². The van der Waals surface area contributed by atoms with E-state index < -0.39 is 5.60 Å². The lowest BCUT2D eigenvalue weighted by Gasteiger charge is -2.34. The summed E-state index contributed by atoms with van der Waals surface area (Å²) in [4.78, 5) is 11.4. The van der Waals surface area contributed by atoms with Gasteiger partial charge >= 0.3 is 5.97 Å². The van der Waals surface area contributed by atoms with E-state index in [9.17, 15) is 9.90 Å². The average Bonchev–Trinajstić information content (AvgIpc) is 3.33. The number of ether oxygens (including phenoxy) is 2. The number of unbranched alkanes of at least 4 members (excludes halogenated alkanes) is 1. The molecule has 1 aliphatic rings. The zero-order chi connectivity index (χ0) is 27.8. The Morgan fingerprint density at radius 1 is 1.03 bits per heavy atom. The molecule has 1 fully saturated rings. The first-order chi connectivity index (χ1) is 18.2. The molecular weight excluding hydrogens is 472 g/mol. The number of cyclic esters (lactones) is 1. The molecule has 0 radical (unpaired) electrons. The fourth-order valence-corrected chi connectivity index (χ4v) is 5.20. The second kappa shape index (κ2) is 13.2. The summed E-state index contributed by atoms with van der Waals surface area (Å²) in [6.45, 7) is 13.1. The monoisotopic (exact) mass is 516 g/mol. The molecule has 4 nitrogen and oxygen atoms in total. The molecule has 1 saturated heterocycles. The molecule has 2 atom stereocenters. The highest BCUT2D eigenvalue weighted by Crippen LogP contribution is 2.41. The van der Waals surface area contributed by atoms with Gasteiger partial charge in [0.25, 0.3) is 0 Å². The Morgan fingerprint density at radius 2 is 1.71 bits per heavy atom. The van der Waals surface area contributed by atoms with Crippen molar-refractivity contribution < 1.29 is 19.4 Å². The molecule has 1 aliphatic heterocycles. The molecule has 38 heavy (non-hydrogen) atoms. The van der Waals surface area contributed by atoms with Gasteiger partial charge in [-0.15, -0.1) is 0 Å². The van der Waals surface area contributed by atoms with Gasteiger partial charge in [-0.25, -0.2) is 0 Å². The van der Waals surface area contributed by atoms with E-state index in [4.69, 9.17) is 9.47 Å². The van der Waals surface area contributed by atoms with E-state index in [1.165, 1.54) is 16.7 Å². The summed E-state index contributed by atoms with van der Waals surface area (Å²) >= 11 is 0. The van der Waals surface area contributed by atoms with Gasteiger partial charge in [-0.1, -0.05) is 75.9 Å². The molecule has 2 aromatic rings. The van der Waals surface area contributed by atoms with Crippen LogP contribution in [-0.4, -0.2) is 29.4 Å². The molecule has 2 aromatic carbocycles. The van der Waals surface area contributed by atoms with E-state index >= 15 is 0 Å². The Morgan fingerprint density at radius 3 is 2.26 bits per heavy atom. The van der Waals surface area contributed by atoms with Crippen molar-refractivity contribution in [1.29, 1.82) is 0 Å².